The third-order valence-electron chi connectivity index (χ3n) is 9.01. The van der Waals surface area contributed by atoms with E-state index in [9.17, 15) is 40.3 Å². The third kappa shape index (κ3) is 7.60. The molecule has 0 radical (unpaired) electrons. The normalized spacial score (nSPS) is 17.9. The van der Waals surface area contributed by atoms with Crippen molar-refractivity contribution >= 4 is 32.7 Å². The summed E-state index contributed by atoms with van der Waals surface area (Å²) in [6, 6.07) is 8.69. The molecule has 3 atom stereocenters. The van der Waals surface area contributed by atoms with Crippen molar-refractivity contribution in [3.63, 3.8) is 0 Å². The van der Waals surface area contributed by atoms with Crippen molar-refractivity contribution < 1.29 is 53.6 Å². The summed E-state index contributed by atoms with van der Waals surface area (Å²) in [5, 5.41) is 20.3. The average Bonchev–Trinajstić information content (AvgIpc) is 3.54. The molecule has 0 unspecified atom stereocenters. The van der Waals surface area contributed by atoms with E-state index in [4.69, 9.17) is 4.52 Å². The lowest BCUT2D eigenvalue weighted by Gasteiger charge is -2.23. The first-order valence-corrected chi connectivity index (χ1v) is 18.4. The van der Waals surface area contributed by atoms with E-state index in [0.29, 0.717) is 10.7 Å². The minimum Gasteiger partial charge on any atom is -0.378 e. The van der Waals surface area contributed by atoms with Gasteiger partial charge in [-0.15, -0.1) is 0 Å². The zero-order chi connectivity index (χ0) is 39.8. The summed E-state index contributed by atoms with van der Waals surface area (Å²) < 4.78 is 134. The molecule has 7 rings (SSSR count). The number of alkyl halides is 5. The fourth-order valence-corrected chi connectivity index (χ4v) is 7.33. The van der Waals surface area contributed by atoms with Gasteiger partial charge in [-0.1, -0.05) is 23.2 Å². The van der Waals surface area contributed by atoms with Crippen LogP contribution in [-0.2, 0) is 39.9 Å². The van der Waals surface area contributed by atoms with Gasteiger partial charge in [0.2, 0.25) is 15.9 Å². The lowest BCUT2D eigenvalue weighted by molar-refractivity contribution is -0.142. The largest absolute Gasteiger partial charge is 0.435 e. The molecule has 11 nitrogen and oxygen atoms in total. The molecule has 0 saturated heterocycles. The zero-order valence-electron chi connectivity index (χ0n) is 28.9. The summed E-state index contributed by atoms with van der Waals surface area (Å²) in [6.07, 6.45) is -4.73. The van der Waals surface area contributed by atoms with Crippen LogP contribution in [0.5, 0.6) is 0 Å². The Bertz CT molecular complexity index is 2530. The lowest BCUT2D eigenvalue weighted by Crippen LogP contribution is -2.35. The lowest BCUT2D eigenvalue weighted by atomic mass is 9.94. The highest BCUT2D eigenvalue weighted by atomic mass is 32.2. The van der Waals surface area contributed by atoms with E-state index in [1.807, 2.05) is 0 Å². The third-order valence-corrected chi connectivity index (χ3v) is 9.58. The van der Waals surface area contributed by atoms with E-state index in [1.54, 1.807) is 6.07 Å². The smallest absolute Gasteiger partial charge is 0.378 e. The molecule has 3 heterocycles. The molecule has 2 aliphatic carbocycles. The van der Waals surface area contributed by atoms with Gasteiger partial charge in [0.1, 0.15) is 35.2 Å². The predicted molar refractivity (Wildman–Crippen MR) is 182 cm³/mol. The van der Waals surface area contributed by atoms with Crippen LogP contribution in [0.1, 0.15) is 66.1 Å². The van der Waals surface area contributed by atoms with E-state index < -0.39 is 93.1 Å². The second-order valence-electron chi connectivity index (χ2n) is 14.0. The minimum atomic E-state index is -5.08. The Hall–Kier alpha value is -5.48. The Kier molecular flexibility index (Phi) is 9.00. The molecule has 2 aromatic carbocycles. The van der Waals surface area contributed by atoms with E-state index in [-0.39, 0.29) is 51.3 Å². The topological polar surface area (TPSA) is 152 Å². The molecule has 1 amide bonds. The Balaban J connectivity index is 1.36. The maximum atomic E-state index is 15.3. The molecule has 1 saturated carbocycles. The summed E-state index contributed by atoms with van der Waals surface area (Å²) in [5.41, 5.74) is -4.18. The molecular formula is C36H29F7N6O5S. The van der Waals surface area contributed by atoms with Crippen LogP contribution in [0.2, 0.25) is 0 Å². The van der Waals surface area contributed by atoms with Gasteiger partial charge in [0.05, 0.1) is 23.4 Å². The Morgan fingerprint density at radius 3 is 2.47 bits per heavy atom. The van der Waals surface area contributed by atoms with E-state index >= 15 is 8.78 Å². The second-order valence-corrected chi connectivity index (χ2v) is 15.7. The van der Waals surface area contributed by atoms with Crippen molar-refractivity contribution in [1.29, 1.82) is 0 Å². The molecule has 3 N–H and O–H groups in total. The summed E-state index contributed by atoms with van der Waals surface area (Å²) in [4.78, 5) is 18.4. The van der Waals surface area contributed by atoms with Crippen molar-refractivity contribution in [3.05, 3.63) is 94.1 Å². The SMILES string of the molecule is CC(C)(O)C#Cc1ccc(-c2cccc3c(NS(C)(=O)=O)noc23)c([C@H](Cc2cc(F)cc(F)c2)NC(=O)Cn2nc(C(F)(F)F)c3c2C(F)(F)[C@@H]2C[C@H]32)n1. The first-order valence-electron chi connectivity index (χ1n) is 16.5. The average molecular weight is 791 g/mol. The number of carbonyl (C=O) groups is 1. The summed E-state index contributed by atoms with van der Waals surface area (Å²) in [6.45, 7) is 1.73. The first-order chi connectivity index (χ1) is 25.6. The van der Waals surface area contributed by atoms with Gasteiger partial charge < -0.3 is 14.9 Å². The minimum absolute atomic E-state index is 0.00741. The summed E-state index contributed by atoms with van der Waals surface area (Å²) >= 11 is 0. The van der Waals surface area contributed by atoms with Gasteiger partial charge in [-0.25, -0.2) is 22.2 Å². The van der Waals surface area contributed by atoms with E-state index in [0.717, 1.165) is 18.4 Å². The Morgan fingerprint density at radius 2 is 1.82 bits per heavy atom. The van der Waals surface area contributed by atoms with Crippen LogP contribution in [-0.4, -0.2) is 51.2 Å². The van der Waals surface area contributed by atoms with Gasteiger partial charge in [0.15, 0.2) is 17.1 Å². The molecular weight excluding hydrogens is 761 g/mol. The van der Waals surface area contributed by atoms with Crippen LogP contribution in [0.25, 0.3) is 22.1 Å². The number of nitrogens with one attached hydrogen (secondary N) is 2. The molecule has 288 valence electrons. The molecule has 3 aromatic heterocycles. The van der Waals surface area contributed by atoms with Crippen LogP contribution in [0.3, 0.4) is 0 Å². The number of pyridine rings is 1. The number of amides is 1. The maximum absolute atomic E-state index is 15.3. The molecule has 2 aliphatic rings. The highest BCUT2D eigenvalue weighted by Crippen LogP contribution is 2.68. The molecule has 1 fully saturated rings. The monoisotopic (exact) mass is 790 g/mol. The number of carbonyl (C=O) groups excluding carboxylic acids is 1. The number of sulfonamides is 1. The van der Waals surface area contributed by atoms with Gasteiger partial charge in [-0.3, -0.25) is 14.2 Å². The zero-order valence-corrected chi connectivity index (χ0v) is 29.7. The number of nitrogens with zero attached hydrogens (tertiary/aromatic N) is 4. The number of aliphatic hydroxyl groups is 1. The number of anilines is 1. The second kappa shape index (κ2) is 13.1. The molecule has 5 aromatic rings. The van der Waals surface area contributed by atoms with E-state index in [1.165, 1.54) is 38.1 Å². The van der Waals surface area contributed by atoms with Crippen molar-refractivity contribution in [2.24, 2.45) is 5.92 Å². The fraction of sp³-hybridized carbons (Fsp3) is 0.333. The van der Waals surface area contributed by atoms with Crippen molar-refractivity contribution in [3.8, 4) is 23.0 Å². The standard InChI is InChI=1S/C36H29F7N6O5S/c1-34(2,51)10-9-20-7-8-21(22-5-4-6-23-30(22)54-47-33(23)48-55(3,52)53)29(44-20)26(13-17-11-18(37)14-19(38)12-17)45-27(50)16-49-32-28(31(46-49)36(41,42)43)24-15-25(24)35(32,39)40/h4-8,11-12,14,24-26,51H,13,15-16H2,1-3H3,(H,45,50)(H,47,48)/t24-,25+,26-/m0/s1. The number of hydrogen-bond donors (Lipinski definition) is 3. The fourth-order valence-electron chi connectivity index (χ4n) is 6.83. The number of hydrogen-bond acceptors (Lipinski definition) is 8. The Morgan fingerprint density at radius 1 is 1.11 bits per heavy atom. The van der Waals surface area contributed by atoms with Gasteiger partial charge in [-0.2, -0.15) is 27.1 Å². The molecule has 0 spiro atoms. The summed E-state index contributed by atoms with van der Waals surface area (Å²) in [5.74, 6) is -3.98. The van der Waals surface area contributed by atoms with Crippen LogP contribution in [0.15, 0.2) is 53.1 Å². The number of halogens is 7. The molecule has 0 bridgehead atoms. The molecule has 55 heavy (non-hydrogen) atoms. The number of rotatable bonds is 9. The first kappa shape index (κ1) is 37.8. The summed E-state index contributed by atoms with van der Waals surface area (Å²) in [7, 11) is -3.81. The van der Waals surface area contributed by atoms with Crippen molar-refractivity contribution in [1.82, 2.24) is 25.2 Å². The van der Waals surface area contributed by atoms with Gasteiger partial charge in [0.25, 0.3) is 5.92 Å². The highest BCUT2D eigenvalue weighted by Gasteiger charge is 2.68. The van der Waals surface area contributed by atoms with Crippen LogP contribution < -0.4 is 10.0 Å². The Labute approximate surface area is 308 Å². The van der Waals surface area contributed by atoms with Gasteiger partial charge in [-0.05, 0) is 74.4 Å². The highest BCUT2D eigenvalue weighted by molar-refractivity contribution is 7.92. The van der Waals surface area contributed by atoms with Crippen LogP contribution >= 0.6 is 0 Å². The molecule has 0 aliphatic heterocycles. The quantitative estimate of drug-likeness (QED) is 0.118. The molecule has 19 heteroatoms. The van der Waals surface area contributed by atoms with Crippen LogP contribution in [0.4, 0.5) is 36.6 Å². The number of para-hydroxylation sites is 1. The van der Waals surface area contributed by atoms with Crippen molar-refractivity contribution in [2.75, 3.05) is 11.0 Å². The van der Waals surface area contributed by atoms with Gasteiger partial charge >= 0.3 is 6.18 Å². The van der Waals surface area contributed by atoms with E-state index in [2.05, 4.69) is 37.1 Å². The number of aromatic nitrogens is 4. The van der Waals surface area contributed by atoms with Crippen molar-refractivity contribution in [2.45, 2.75) is 62.9 Å². The predicted octanol–water partition coefficient (Wildman–Crippen LogP) is 6.19. The maximum Gasteiger partial charge on any atom is 0.435 e. The number of fused-ring (bicyclic) bond motifs is 4. The number of benzene rings is 2. The van der Waals surface area contributed by atoms with Gasteiger partial charge in [0, 0.05) is 28.7 Å². The van der Waals surface area contributed by atoms with Crippen LogP contribution in [0, 0.1) is 29.4 Å².